The van der Waals surface area contributed by atoms with Crippen LogP contribution >= 0.6 is 0 Å². The first-order chi connectivity index (χ1) is 9.52. The van der Waals surface area contributed by atoms with Gasteiger partial charge in [0.15, 0.2) is 5.76 Å². The molecule has 1 aromatic carbocycles. The maximum atomic E-state index is 11.2. The van der Waals surface area contributed by atoms with Gasteiger partial charge in [0.1, 0.15) is 11.3 Å². The number of carbonyl (C=O) groups excluding carboxylic acids is 1. The van der Waals surface area contributed by atoms with Crippen LogP contribution in [0.1, 0.15) is 17.3 Å². The first kappa shape index (κ1) is 13.6. The lowest BCUT2D eigenvalue weighted by Crippen LogP contribution is -2.07. The van der Waals surface area contributed by atoms with E-state index in [1.807, 2.05) is 0 Å². The molecule has 0 bridgehead atoms. The van der Waals surface area contributed by atoms with E-state index >= 15 is 0 Å². The van der Waals surface area contributed by atoms with E-state index in [0.29, 0.717) is 17.0 Å². The molecule has 2 N–H and O–H groups in total. The van der Waals surface area contributed by atoms with Gasteiger partial charge in [-0.05, 0) is 18.2 Å². The number of benzene rings is 1. The quantitative estimate of drug-likeness (QED) is 0.885. The Morgan fingerprint density at radius 3 is 2.75 bits per heavy atom. The Bertz CT molecular complexity index is 663. The summed E-state index contributed by atoms with van der Waals surface area (Å²) in [6.45, 7) is 1.36. The molecule has 1 heterocycles. The molecule has 2 rings (SSSR count). The molecule has 0 radical (unpaired) electrons. The molecule has 0 saturated carbocycles. The number of methoxy groups -OCH3 is 1. The second kappa shape index (κ2) is 5.43. The number of aromatic carboxylic acids is 1. The molecule has 0 atom stereocenters. The molecule has 2 aromatic rings. The number of hydrogen-bond donors (Lipinski definition) is 2. The fraction of sp³-hybridized carbons (Fsp3) is 0.154. The normalized spacial score (nSPS) is 10.1. The maximum Gasteiger partial charge on any atom is 0.341 e. The van der Waals surface area contributed by atoms with Gasteiger partial charge in [0, 0.05) is 12.5 Å². The van der Waals surface area contributed by atoms with Crippen molar-refractivity contribution in [2.45, 2.75) is 6.92 Å². The van der Waals surface area contributed by atoms with Gasteiger partial charge in [-0.15, -0.1) is 0 Å². The van der Waals surface area contributed by atoms with E-state index in [1.165, 1.54) is 14.0 Å². The molecule has 1 aromatic heterocycles. The number of carbonyl (C=O) groups is 2. The predicted molar refractivity (Wildman–Crippen MR) is 69.8 cm³/mol. The van der Waals surface area contributed by atoms with Crippen LogP contribution in [-0.4, -0.2) is 29.2 Å². The van der Waals surface area contributed by atoms with Crippen LogP contribution < -0.4 is 10.1 Å². The first-order valence-corrected chi connectivity index (χ1v) is 5.67. The monoisotopic (exact) mass is 276 g/mol. The second-order valence-corrected chi connectivity index (χ2v) is 3.97. The third kappa shape index (κ3) is 2.61. The van der Waals surface area contributed by atoms with Gasteiger partial charge in [-0.3, -0.25) is 4.79 Å². The number of amides is 1. The van der Waals surface area contributed by atoms with E-state index in [-0.39, 0.29) is 17.2 Å². The molecule has 0 saturated heterocycles. The standard InChI is InChI=1S/C13H12N2O5/c1-7(16)15-10-5-8(3-4-11(10)19-2)12-9(13(17)18)6-14-20-12/h3-6H,1-2H3,(H,15,16)(H,17,18). The van der Waals surface area contributed by atoms with Crippen LogP contribution in [0.15, 0.2) is 28.9 Å². The van der Waals surface area contributed by atoms with Gasteiger partial charge in [0.05, 0.1) is 19.0 Å². The fourth-order valence-corrected chi connectivity index (χ4v) is 1.74. The molecular weight excluding hydrogens is 264 g/mol. The van der Waals surface area contributed by atoms with Gasteiger partial charge in [0.2, 0.25) is 5.91 Å². The van der Waals surface area contributed by atoms with Crippen LogP contribution in [0.4, 0.5) is 5.69 Å². The van der Waals surface area contributed by atoms with Crippen molar-refractivity contribution >= 4 is 17.6 Å². The maximum absolute atomic E-state index is 11.2. The summed E-state index contributed by atoms with van der Waals surface area (Å²) in [6.07, 6.45) is 1.12. The van der Waals surface area contributed by atoms with Crippen LogP contribution in [0.3, 0.4) is 0 Å². The zero-order chi connectivity index (χ0) is 14.7. The number of carboxylic acids is 1. The molecule has 104 valence electrons. The molecule has 7 nitrogen and oxygen atoms in total. The highest BCUT2D eigenvalue weighted by molar-refractivity contribution is 5.95. The zero-order valence-corrected chi connectivity index (χ0v) is 10.8. The van der Waals surface area contributed by atoms with Crippen LogP contribution in [-0.2, 0) is 4.79 Å². The third-order valence-corrected chi connectivity index (χ3v) is 2.57. The lowest BCUT2D eigenvalue weighted by atomic mass is 10.1. The summed E-state index contributed by atoms with van der Waals surface area (Å²) in [6, 6.07) is 4.79. The molecular formula is C13H12N2O5. The molecule has 0 aliphatic heterocycles. The average Bonchev–Trinajstić information content (AvgIpc) is 2.87. The zero-order valence-electron chi connectivity index (χ0n) is 10.8. The molecule has 0 aliphatic carbocycles. The van der Waals surface area contributed by atoms with Crippen molar-refractivity contribution in [1.82, 2.24) is 5.16 Å². The number of ether oxygens (including phenoxy) is 1. The SMILES string of the molecule is COc1ccc(-c2oncc2C(=O)O)cc1NC(C)=O. The average molecular weight is 276 g/mol. The van der Waals surface area contributed by atoms with Crippen molar-refractivity contribution in [2.75, 3.05) is 12.4 Å². The van der Waals surface area contributed by atoms with Gasteiger partial charge in [0.25, 0.3) is 0 Å². The highest BCUT2D eigenvalue weighted by Crippen LogP contribution is 2.32. The van der Waals surface area contributed by atoms with Crippen molar-refractivity contribution in [2.24, 2.45) is 0 Å². The Kier molecular flexibility index (Phi) is 3.69. The topological polar surface area (TPSA) is 102 Å². The molecule has 20 heavy (non-hydrogen) atoms. The number of hydrogen-bond acceptors (Lipinski definition) is 5. The van der Waals surface area contributed by atoms with Crippen molar-refractivity contribution in [3.8, 4) is 17.1 Å². The molecule has 0 fully saturated rings. The predicted octanol–water partition coefficient (Wildman–Crippen LogP) is 2.01. The van der Waals surface area contributed by atoms with Crippen molar-refractivity contribution in [3.63, 3.8) is 0 Å². The first-order valence-electron chi connectivity index (χ1n) is 5.67. The summed E-state index contributed by atoms with van der Waals surface area (Å²) in [5.41, 5.74) is 0.846. The van der Waals surface area contributed by atoms with E-state index in [2.05, 4.69) is 10.5 Å². The summed E-state index contributed by atoms with van der Waals surface area (Å²) in [5, 5.41) is 15.1. The highest BCUT2D eigenvalue weighted by atomic mass is 16.5. The van der Waals surface area contributed by atoms with Crippen molar-refractivity contribution < 1.29 is 24.0 Å². The van der Waals surface area contributed by atoms with Crippen LogP contribution in [0.25, 0.3) is 11.3 Å². The Hall–Kier alpha value is -2.83. The second-order valence-electron chi connectivity index (χ2n) is 3.97. The lowest BCUT2D eigenvalue weighted by Gasteiger charge is -2.10. The summed E-state index contributed by atoms with van der Waals surface area (Å²) in [7, 11) is 1.47. The Labute approximate surface area is 114 Å². The fourth-order valence-electron chi connectivity index (χ4n) is 1.74. The third-order valence-electron chi connectivity index (χ3n) is 2.57. The molecule has 1 amide bonds. The van der Waals surface area contributed by atoms with Crippen LogP contribution in [0.2, 0.25) is 0 Å². The summed E-state index contributed by atoms with van der Waals surface area (Å²) in [5.74, 6) is -0.832. The molecule has 0 spiro atoms. The van der Waals surface area contributed by atoms with Gasteiger partial charge < -0.3 is 19.7 Å². The number of nitrogens with one attached hydrogen (secondary N) is 1. The molecule has 0 aliphatic rings. The van der Waals surface area contributed by atoms with E-state index in [0.717, 1.165) is 6.20 Å². The highest BCUT2D eigenvalue weighted by Gasteiger charge is 2.18. The smallest absolute Gasteiger partial charge is 0.341 e. The Balaban J connectivity index is 2.50. The minimum atomic E-state index is -1.14. The van der Waals surface area contributed by atoms with Gasteiger partial charge in [-0.1, -0.05) is 5.16 Å². The number of rotatable bonds is 4. The summed E-state index contributed by atoms with van der Waals surface area (Å²) in [4.78, 5) is 22.2. The Morgan fingerprint density at radius 1 is 1.40 bits per heavy atom. The minimum Gasteiger partial charge on any atom is -0.495 e. The van der Waals surface area contributed by atoms with E-state index in [9.17, 15) is 9.59 Å². The van der Waals surface area contributed by atoms with Crippen molar-refractivity contribution in [1.29, 1.82) is 0 Å². The summed E-state index contributed by atoms with van der Waals surface area (Å²) < 4.78 is 10.1. The van der Waals surface area contributed by atoms with E-state index < -0.39 is 5.97 Å². The number of nitrogens with zero attached hydrogens (tertiary/aromatic N) is 1. The summed E-state index contributed by atoms with van der Waals surface area (Å²) >= 11 is 0. The number of anilines is 1. The van der Waals surface area contributed by atoms with Crippen molar-refractivity contribution in [3.05, 3.63) is 30.0 Å². The van der Waals surface area contributed by atoms with E-state index in [1.54, 1.807) is 18.2 Å². The van der Waals surface area contributed by atoms with Gasteiger partial charge >= 0.3 is 5.97 Å². The lowest BCUT2D eigenvalue weighted by molar-refractivity contribution is -0.114. The van der Waals surface area contributed by atoms with Gasteiger partial charge in [-0.2, -0.15) is 0 Å². The minimum absolute atomic E-state index is 0.0519. The van der Waals surface area contributed by atoms with Crippen LogP contribution in [0.5, 0.6) is 5.75 Å². The molecule has 7 heteroatoms. The number of carboxylic acid groups (broad SMARTS) is 1. The van der Waals surface area contributed by atoms with Gasteiger partial charge in [-0.25, -0.2) is 4.79 Å². The molecule has 0 unspecified atom stereocenters. The van der Waals surface area contributed by atoms with Crippen LogP contribution in [0, 0.1) is 0 Å². The van der Waals surface area contributed by atoms with E-state index in [4.69, 9.17) is 14.4 Å². The Morgan fingerprint density at radius 2 is 2.15 bits per heavy atom. The number of aromatic nitrogens is 1. The largest absolute Gasteiger partial charge is 0.495 e.